The molecule has 2 aliphatic heterocycles. The van der Waals surface area contributed by atoms with Gasteiger partial charge in [0.2, 0.25) is 5.91 Å². The molecule has 2 saturated heterocycles. The maximum atomic E-state index is 14.8. The van der Waals surface area contributed by atoms with E-state index in [1.54, 1.807) is 53.6 Å². The van der Waals surface area contributed by atoms with Gasteiger partial charge in [-0.2, -0.15) is 0 Å². The van der Waals surface area contributed by atoms with Crippen molar-refractivity contribution in [2.75, 3.05) is 0 Å². The number of furan rings is 1. The van der Waals surface area contributed by atoms with Gasteiger partial charge in [0, 0.05) is 17.0 Å². The van der Waals surface area contributed by atoms with Crippen LogP contribution in [0.4, 0.5) is 4.39 Å². The van der Waals surface area contributed by atoms with E-state index in [4.69, 9.17) is 4.42 Å². The Bertz CT molecular complexity index is 1040. The molecule has 29 heavy (non-hydrogen) atoms. The number of hydrogen-bond donors (Lipinski definition) is 3. The maximum Gasteiger partial charge on any atom is 0.242 e. The number of rotatable bonds is 4. The highest BCUT2D eigenvalue weighted by atomic mass is 19.1. The zero-order valence-corrected chi connectivity index (χ0v) is 15.5. The van der Waals surface area contributed by atoms with Crippen LogP contribution in [0.1, 0.15) is 29.0 Å². The summed E-state index contributed by atoms with van der Waals surface area (Å²) in [6.45, 7) is 0.243. The highest BCUT2D eigenvalue weighted by Crippen LogP contribution is 2.49. The number of fused-ring (bicyclic) bond motifs is 1. The fourth-order valence-electron chi connectivity index (χ4n) is 4.55. The van der Waals surface area contributed by atoms with Crippen LogP contribution in [-0.4, -0.2) is 22.0 Å². The summed E-state index contributed by atoms with van der Waals surface area (Å²) in [5.74, 6) is -0.0468. The van der Waals surface area contributed by atoms with E-state index in [1.807, 2.05) is 12.1 Å². The minimum Gasteiger partial charge on any atom is -0.508 e. The summed E-state index contributed by atoms with van der Waals surface area (Å²) in [6.07, 6.45) is 1.55. The van der Waals surface area contributed by atoms with E-state index in [2.05, 4.69) is 10.9 Å². The highest BCUT2D eigenvalue weighted by molar-refractivity contribution is 5.86. The lowest BCUT2D eigenvalue weighted by Crippen LogP contribution is -2.41. The Morgan fingerprint density at radius 3 is 2.41 bits per heavy atom. The molecular formula is C22H20FN3O3. The molecule has 6 nitrogen and oxygen atoms in total. The molecule has 2 aromatic carbocycles. The van der Waals surface area contributed by atoms with E-state index < -0.39 is 12.1 Å². The average Bonchev–Trinajstić information content (AvgIpc) is 3.43. The van der Waals surface area contributed by atoms with Crippen LogP contribution in [0, 0.1) is 11.7 Å². The summed E-state index contributed by atoms with van der Waals surface area (Å²) < 4.78 is 20.3. The quantitative estimate of drug-likeness (QED) is 0.635. The smallest absolute Gasteiger partial charge is 0.242 e. The van der Waals surface area contributed by atoms with Crippen LogP contribution >= 0.6 is 0 Å². The Morgan fingerprint density at radius 2 is 1.69 bits per heavy atom. The Labute approximate surface area is 166 Å². The summed E-state index contributed by atoms with van der Waals surface area (Å²) in [5, 5.41) is 10.4. The second kappa shape index (κ2) is 7.02. The molecule has 4 atom stereocenters. The fraction of sp³-hybridized carbons (Fsp3) is 0.227. The number of aromatic hydroxyl groups is 1. The van der Waals surface area contributed by atoms with E-state index in [0.29, 0.717) is 16.9 Å². The Hall–Kier alpha value is -3.16. The second-order valence-corrected chi connectivity index (χ2v) is 7.39. The Balaban J connectivity index is 1.61. The molecule has 0 aliphatic carbocycles. The Morgan fingerprint density at radius 1 is 0.966 bits per heavy atom. The first-order valence-electron chi connectivity index (χ1n) is 9.51. The van der Waals surface area contributed by atoms with Crippen molar-refractivity contribution in [3.8, 4) is 5.75 Å². The van der Waals surface area contributed by atoms with Crippen molar-refractivity contribution in [1.82, 2.24) is 15.8 Å². The molecule has 0 saturated carbocycles. The normalized spacial score (nSPS) is 26.1. The average molecular weight is 393 g/mol. The number of benzene rings is 2. The molecule has 3 N–H and O–H groups in total. The number of hydrazine groups is 1. The number of carbonyl (C=O) groups excluding carboxylic acids is 1. The zero-order chi connectivity index (χ0) is 20.0. The minimum atomic E-state index is -0.542. The summed E-state index contributed by atoms with van der Waals surface area (Å²) in [5.41, 5.74) is 7.33. The lowest BCUT2D eigenvalue weighted by molar-refractivity contribution is -0.131. The number of carbonyl (C=O) groups is 1. The molecule has 5 rings (SSSR count). The van der Waals surface area contributed by atoms with Gasteiger partial charge in [-0.05, 0) is 24.3 Å². The molecule has 148 valence electrons. The number of nitrogens with one attached hydrogen (secondary N) is 2. The molecule has 1 aromatic heterocycles. The first-order chi connectivity index (χ1) is 14.1. The van der Waals surface area contributed by atoms with Crippen LogP contribution < -0.4 is 10.9 Å². The van der Waals surface area contributed by atoms with Gasteiger partial charge in [0.05, 0.1) is 24.9 Å². The van der Waals surface area contributed by atoms with Crippen molar-refractivity contribution in [3.63, 3.8) is 0 Å². The first-order valence-corrected chi connectivity index (χ1v) is 9.51. The number of hydrogen-bond acceptors (Lipinski definition) is 5. The third-order valence-corrected chi connectivity index (χ3v) is 5.82. The molecule has 0 spiro atoms. The van der Waals surface area contributed by atoms with E-state index in [9.17, 15) is 14.3 Å². The summed E-state index contributed by atoms with van der Waals surface area (Å²) >= 11 is 0. The van der Waals surface area contributed by atoms with Gasteiger partial charge in [-0.3, -0.25) is 4.79 Å². The van der Waals surface area contributed by atoms with Gasteiger partial charge in [-0.15, -0.1) is 0 Å². The SMILES string of the molecule is O=C1C2NNC(c3ccccc3O)C2C(c2ccccc2F)N1Cc1ccco1. The molecule has 2 fully saturated rings. The van der Waals surface area contributed by atoms with Crippen molar-refractivity contribution in [1.29, 1.82) is 0 Å². The molecule has 7 heteroatoms. The lowest BCUT2D eigenvalue weighted by atomic mass is 9.83. The maximum absolute atomic E-state index is 14.8. The number of halogens is 1. The van der Waals surface area contributed by atoms with Crippen molar-refractivity contribution >= 4 is 5.91 Å². The summed E-state index contributed by atoms with van der Waals surface area (Å²) in [6, 6.07) is 15.7. The van der Waals surface area contributed by atoms with Crippen LogP contribution in [0.3, 0.4) is 0 Å². The molecule has 3 heterocycles. The van der Waals surface area contributed by atoms with Gasteiger partial charge in [-0.1, -0.05) is 36.4 Å². The summed E-state index contributed by atoms with van der Waals surface area (Å²) in [7, 11) is 0. The van der Waals surface area contributed by atoms with Crippen LogP contribution in [0.2, 0.25) is 0 Å². The number of nitrogens with zero attached hydrogens (tertiary/aromatic N) is 1. The first kappa shape index (κ1) is 17.9. The number of likely N-dealkylation sites (tertiary alicyclic amines) is 1. The molecular weight excluding hydrogens is 373 g/mol. The van der Waals surface area contributed by atoms with E-state index >= 15 is 0 Å². The van der Waals surface area contributed by atoms with Gasteiger partial charge in [-0.25, -0.2) is 15.2 Å². The number of phenols is 1. The molecule has 0 bridgehead atoms. The van der Waals surface area contributed by atoms with Gasteiger partial charge in [0.1, 0.15) is 23.4 Å². The van der Waals surface area contributed by atoms with Crippen LogP contribution in [0.25, 0.3) is 0 Å². The molecule has 1 amide bonds. The molecule has 2 aliphatic rings. The zero-order valence-electron chi connectivity index (χ0n) is 15.5. The van der Waals surface area contributed by atoms with Crippen molar-refractivity contribution < 1.29 is 18.7 Å². The van der Waals surface area contributed by atoms with Crippen LogP contribution in [-0.2, 0) is 11.3 Å². The fourth-order valence-corrected chi connectivity index (χ4v) is 4.55. The largest absolute Gasteiger partial charge is 0.508 e. The topological polar surface area (TPSA) is 77.7 Å². The van der Waals surface area contributed by atoms with Crippen molar-refractivity contribution in [3.05, 3.63) is 89.6 Å². The van der Waals surface area contributed by atoms with E-state index in [1.165, 1.54) is 6.07 Å². The van der Waals surface area contributed by atoms with Crippen LogP contribution in [0.5, 0.6) is 5.75 Å². The lowest BCUT2D eigenvalue weighted by Gasteiger charge is -2.31. The Kier molecular flexibility index (Phi) is 4.34. The molecule has 4 unspecified atom stereocenters. The predicted molar refractivity (Wildman–Crippen MR) is 103 cm³/mol. The summed E-state index contributed by atoms with van der Waals surface area (Å²) in [4.78, 5) is 14.9. The number of amides is 1. The number of phenolic OH excluding ortho intramolecular Hbond substituents is 1. The van der Waals surface area contributed by atoms with Crippen molar-refractivity contribution in [2.45, 2.75) is 24.7 Å². The second-order valence-electron chi connectivity index (χ2n) is 7.39. The molecule has 3 aromatic rings. The van der Waals surface area contributed by atoms with E-state index in [0.717, 1.165) is 0 Å². The standard InChI is InChI=1S/C22H20FN3O3/c23-16-9-3-1-7-14(16)21-18-19(15-8-2-4-10-17(15)27)24-25-20(18)22(28)26(21)12-13-6-5-11-29-13/h1-11,18-21,24-25,27H,12H2. The van der Waals surface area contributed by atoms with E-state index in [-0.39, 0.29) is 36.0 Å². The third-order valence-electron chi connectivity index (χ3n) is 5.82. The van der Waals surface area contributed by atoms with Gasteiger partial charge in [0.15, 0.2) is 0 Å². The van der Waals surface area contributed by atoms with Gasteiger partial charge < -0.3 is 14.4 Å². The molecule has 0 radical (unpaired) electrons. The monoisotopic (exact) mass is 393 g/mol. The highest BCUT2D eigenvalue weighted by Gasteiger charge is 2.56. The third kappa shape index (κ3) is 2.90. The minimum absolute atomic E-state index is 0.134. The van der Waals surface area contributed by atoms with Crippen molar-refractivity contribution in [2.24, 2.45) is 5.92 Å². The number of para-hydroxylation sites is 1. The van der Waals surface area contributed by atoms with Crippen LogP contribution in [0.15, 0.2) is 71.3 Å². The van der Waals surface area contributed by atoms with Gasteiger partial charge >= 0.3 is 0 Å². The predicted octanol–water partition coefficient (Wildman–Crippen LogP) is 3.04. The van der Waals surface area contributed by atoms with Gasteiger partial charge in [0.25, 0.3) is 0 Å².